The number of alkyl halides is 12. The van der Waals surface area contributed by atoms with Crippen LogP contribution in [0.5, 0.6) is 0 Å². The average molecular weight is 429 g/mol. The zero-order valence-corrected chi connectivity index (χ0v) is 12.8. The van der Waals surface area contributed by atoms with E-state index in [1.807, 2.05) is 0 Å². The van der Waals surface area contributed by atoms with E-state index in [-0.39, 0.29) is 0 Å². The Hall–Kier alpha value is -0.970. The third-order valence-corrected chi connectivity index (χ3v) is 4.08. The molecule has 1 aromatic carbocycles. The first-order valence-electron chi connectivity index (χ1n) is 5.88. The molecule has 0 nitrogen and oxygen atoms in total. The molecule has 1 rings (SSSR count). The van der Waals surface area contributed by atoms with E-state index < -0.39 is 45.8 Å². The predicted octanol–water partition coefficient (Wildman–Crippen LogP) is 6.93. The second kappa shape index (κ2) is 6.33. The highest BCUT2D eigenvalue weighted by atomic mass is 35.5. The Balaban J connectivity index is 3.92. The SMILES string of the molecule is FC(F)(F)C(F)(F)C(C(Cl)c1cccc(Cl)c1)(C(F)(F)F)C(F)(F)F. The molecule has 0 saturated carbocycles. The van der Waals surface area contributed by atoms with Crippen molar-refractivity contribution < 1.29 is 48.3 Å². The normalized spacial score (nSPS) is 16.0. The van der Waals surface area contributed by atoms with Crippen molar-refractivity contribution in [3.8, 4) is 0 Å². The Morgan fingerprint density at radius 1 is 0.720 bits per heavy atom. The molecule has 0 amide bonds. The van der Waals surface area contributed by atoms with E-state index in [1.165, 1.54) is 0 Å². The van der Waals surface area contributed by atoms with Gasteiger partial charge >= 0.3 is 24.5 Å². The van der Waals surface area contributed by atoms with E-state index in [1.54, 1.807) is 0 Å². The second-order valence-corrected chi connectivity index (χ2v) is 5.67. The van der Waals surface area contributed by atoms with Gasteiger partial charge in [-0.15, -0.1) is 11.6 Å². The van der Waals surface area contributed by atoms with E-state index in [0.29, 0.717) is 12.1 Å². The molecular formula is C12H5Cl2F11. The van der Waals surface area contributed by atoms with Crippen molar-refractivity contribution in [2.75, 3.05) is 0 Å². The topological polar surface area (TPSA) is 0 Å². The summed E-state index contributed by atoms with van der Waals surface area (Å²) in [4.78, 5) is 0. The summed E-state index contributed by atoms with van der Waals surface area (Å²) < 4.78 is 143. The Labute approximate surface area is 142 Å². The summed E-state index contributed by atoms with van der Waals surface area (Å²) in [6.45, 7) is 0. The van der Waals surface area contributed by atoms with Crippen LogP contribution in [-0.2, 0) is 0 Å². The number of rotatable bonds is 3. The number of halogens is 13. The van der Waals surface area contributed by atoms with Crippen molar-refractivity contribution in [2.45, 2.75) is 29.8 Å². The molecule has 0 radical (unpaired) electrons. The van der Waals surface area contributed by atoms with Gasteiger partial charge in [0.25, 0.3) is 5.41 Å². The molecule has 0 aliphatic carbocycles. The highest BCUT2D eigenvalue weighted by Crippen LogP contribution is 2.69. The van der Waals surface area contributed by atoms with Gasteiger partial charge in [-0.05, 0) is 17.7 Å². The van der Waals surface area contributed by atoms with Gasteiger partial charge in [0.05, 0.1) is 5.38 Å². The van der Waals surface area contributed by atoms with Crippen LogP contribution < -0.4 is 0 Å². The van der Waals surface area contributed by atoms with Crippen LogP contribution in [0.25, 0.3) is 0 Å². The van der Waals surface area contributed by atoms with E-state index in [9.17, 15) is 48.3 Å². The van der Waals surface area contributed by atoms with E-state index in [4.69, 9.17) is 23.2 Å². The van der Waals surface area contributed by atoms with Gasteiger partial charge in [-0.3, -0.25) is 0 Å². The van der Waals surface area contributed by atoms with Crippen molar-refractivity contribution in [3.63, 3.8) is 0 Å². The Bertz CT molecular complexity index is 601. The first kappa shape index (κ1) is 22.1. The molecule has 144 valence electrons. The smallest absolute Gasteiger partial charge is 0.195 e. The summed E-state index contributed by atoms with van der Waals surface area (Å²) in [7, 11) is 0. The lowest BCUT2D eigenvalue weighted by atomic mass is 9.73. The van der Waals surface area contributed by atoms with Crippen molar-refractivity contribution in [3.05, 3.63) is 34.9 Å². The molecule has 0 aliphatic heterocycles. The molecule has 1 aromatic rings. The van der Waals surface area contributed by atoms with Crippen LogP contribution in [0.2, 0.25) is 5.02 Å². The minimum absolute atomic E-state index is 0.331. The number of benzene rings is 1. The van der Waals surface area contributed by atoms with E-state index >= 15 is 0 Å². The fourth-order valence-electron chi connectivity index (χ4n) is 2.10. The van der Waals surface area contributed by atoms with Crippen molar-refractivity contribution in [1.29, 1.82) is 0 Å². The zero-order chi connectivity index (χ0) is 20.1. The summed E-state index contributed by atoms with van der Waals surface area (Å²) >= 11 is 10.3. The minimum atomic E-state index is -7.29. The molecule has 1 atom stereocenters. The van der Waals surface area contributed by atoms with Gasteiger partial charge in [-0.2, -0.15) is 48.3 Å². The standard InChI is InChI=1S/C12H5Cl2F11/c13-6-3-1-2-5(4-6)7(14)8(10(17,18)19,11(20,21)22)9(15,16)12(23,24)25/h1-4,7H. The molecule has 0 spiro atoms. The van der Waals surface area contributed by atoms with Crippen LogP contribution >= 0.6 is 23.2 Å². The fourth-order valence-corrected chi connectivity index (χ4v) is 2.82. The highest BCUT2D eigenvalue weighted by molar-refractivity contribution is 6.30. The fraction of sp³-hybridized carbons (Fsp3) is 0.500. The molecule has 0 bridgehead atoms. The van der Waals surface area contributed by atoms with Gasteiger partial charge in [0.2, 0.25) is 0 Å². The molecule has 25 heavy (non-hydrogen) atoms. The van der Waals surface area contributed by atoms with Crippen LogP contribution in [-0.4, -0.2) is 24.5 Å². The molecule has 0 saturated heterocycles. The van der Waals surface area contributed by atoms with Crippen LogP contribution in [0.4, 0.5) is 48.3 Å². The zero-order valence-electron chi connectivity index (χ0n) is 11.3. The third kappa shape index (κ3) is 3.36. The summed E-state index contributed by atoms with van der Waals surface area (Å²) in [6, 6.07) is 2.44. The van der Waals surface area contributed by atoms with Crippen LogP contribution in [0.15, 0.2) is 24.3 Å². The average Bonchev–Trinajstić information content (AvgIpc) is 2.33. The molecule has 0 heterocycles. The van der Waals surface area contributed by atoms with Crippen LogP contribution in [0, 0.1) is 5.41 Å². The lowest BCUT2D eigenvalue weighted by molar-refractivity contribution is -0.449. The monoisotopic (exact) mass is 428 g/mol. The lowest BCUT2D eigenvalue weighted by Crippen LogP contribution is -2.68. The maximum absolute atomic E-state index is 13.6. The molecule has 0 fully saturated rings. The summed E-state index contributed by atoms with van der Waals surface area (Å²) in [5.74, 6) is -7.29. The molecule has 0 aromatic heterocycles. The van der Waals surface area contributed by atoms with Gasteiger partial charge < -0.3 is 0 Å². The first-order chi connectivity index (χ1) is 10.9. The first-order valence-corrected chi connectivity index (χ1v) is 6.70. The van der Waals surface area contributed by atoms with Gasteiger partial charge in [-0.25, -0.2) is 0 Å². The van der Waals surface area contributed by atoms with Crippen molar-refractivity contribution in [1.82, 2.24) is 0 Å². The Morgan fingerprint density at radius 2 is 1.16 bits per heavy atom. The summed E-state index contributed by atoms with van der Waals surface area (Å²) in [6.07, 6.45) is -21.4. The molecule has 1 unspecified atom stereocenters. The highest BCUT2D eigenvalue weighted by Gasteiger charge is 2.91. The van der Waals surface area contributed by atoms with Crippen LogP contribution in [0.1, 0.15) is 10.9 Å². The second-order valence-electron chi connectivity index (χ2n) is 4.79. The van der Waals surface area contributed by atoms with E-state index in [2.05, 4.69) is 0 Å². The lowest BCUT2D eigenvalue weighted by Gasteiger charge is -2.45. The van der Waals surface area contributed by atoms with Crippen molar-refractivity contribution in [2.24, 2.45) is 5.41 Å². The van der Waals surface area contributed by atoms with Gasteiger partial charge in [0.15, 0.2) is 0 Å². The maximum atomic E-state index is 13.6. The summed E-state index contributed by atoms with van der Waals surface area (Å²) in [5, 5.41) is -4.39. The summed E-state index contributed by atoms with van der Waals surface area (Å²) in [5.41, 5.74) is -7.95. The third-order valence-electron chi connectivity index (χ3n) is 3.27. The predicted molar refractivity (Wildman–Crippen MR) is 65.6 cm³/mol. The van der Waals surface area contributed by atoms with Gasteiger partial charge in [0.1, 0.15) is 0 Å². The quantitative estimate of drug-likeness (QED) is 0.361. The van der Waals surface area contributed by atoms with Gasteiger partial charge in [-0.1, -0.05) is 23.7 Å². The molecule has 0 N–H and O–H groups in total. The van der Waals surface area contributed by atoms with Crippen LogP contribution in [0.3, 0.4) is 0 Å². The molecular weight excluding hydrogens is 424 g/mol. The Morgan fingerprint density at radius 3 is 1.48 bits per heavy atom. The maximum Gasteiger partial charge on any atom is 0.454 e. The minimum Gasteiger partial charge on any atom is -0.195 e. The Kier molecular flexibility index (Phi) is 5.59. The van der Waals surface area contributed by atoms with Crippen molar-refractivity contribution >= 4 is 23.2 Å². The molecule has 0 aliphatic rings. The van der Waals surface area contributed by atoms with E-state index in [0.717, 1.165) is 12.1 Å². The largest absolute Gasteiger partial charge is 0.454 e. The number of hydrogen-bond acceptors (Lipinski definition) is 0. The molecule has 13 heteroatoms. The number of hydrogen-bond donors (Lipinski definition) is 0. The van der Waals surface area contributed by atoms with Gasteiger partial charge in [0, 0.05) is 5.02 Å².